The minimum atomic E-state index is 0.522. The number of nitrogens with zero attached hydrogens (tertiary/aromatic N) is 2. The average molecular weight is 261 g/mol. The molecule has 3 nitrogen and oxygen atoms in total. The summed E-state index contributed by atoms with van der Waals surface area (Å²) >= 11 is 0. The van der Waals surface area contributed by atoms with Crippen LogP contribution in [0.2, 0.25) is 0 Å². The fraction of sp³-hybridized carbons (Fsp3) is 0.688. The Hall–Kier alpha value is -1.09. The van der Waals surface area contributed by atoms with E-state index in [2.05, 4.69) is 35.1 Å². The van der Waals surface area contributed by atoms with E-state index in [0.29, 0.717) is 6.04 Å². The zero-order chi connectivity index (χ0) is 13.5. The first-order valence-corrected chi connectivity index (χ1v) is 7.68. The largest absolute Gasteiger partial charge is 0.370 e. The third kappa shape index (κ3) is 4.50. The molecule has 0 saturated carbocycles. The predicted octanol–water partition coefficient (Wildman–Crippen LogP) is 3.35. The van der Waals surface area contributed by atoms with Crippen molar-refractivity contribution in [2.75, 3.05) is 18.0 Å². The molecule has 0 atom stereocenters. The van der Waals surface area contributed by atoms with Gasteiger partial charge in [0.05, 0.1) is 11.9 Å². The van der Waals surface area contributed by atoms with Crippen LogP contribution in [-0.4, -0.2) is 24.1 Å². The highest BCUT2D eigenvalue weighted by Gasteiger charge is 2.13. The molecule has 1 aromatic heterocycles. The summed E-state index contributed by atoms with van der Waals surface area (Å²) in [5, 5.41) is 3.51. The Kier molecular flexibility index (Phi) is 5.64. The van der Waals surface area contributed by atoms with Crippen LogP contribution < -0.4 is 10.2 Å². The van der Waals surface area contributed by atoms with Crippen molar-refractivity contribution in [1.82, 2.24) is 10.3 Å². The molecule has 0 spiro atoms. The van der Waals surface area contributed by atoms with Crippen molar-refractivity contribution < 1.29 is 0 Å². The maximum Gasteiger partial charge on any atom is 0.0598 e. The summed E-state index contributed by atoms with van der Waals surface area (Å²) in [7, 11) is 0. The van der Waals surface area contributed by atoms with Crippen LogP contribution in [0.25, 0.3) is 0 Å². The Morgan fingerprint density at radius 3 is 2.53 bits per heavy atom. The average Bonchev–Trinajstić information content (AvgIpc) is 2.36. The fourth-order valence-corrected chi connectivity index (χ4v) is 2.65. The molecular formula is C16H27N3. The van der Waals surface area contributed by atoms with Gasteiger partial charge >= 0.3 is 0 Å². The molecule has 0 unspecified atom stereocenters. The van der Waals surface area contributed by atoms with E-state index >= 15 is 0 Å². The van der Waals surface area contributed by atoms with Crippen LogP contribution in [0.1, 0.15) is 51.5 Å². The van der Waals surface area contributed by atoms with Gasteiger partial charge in [0.15, 0.2) is 0 Å². The maximum absolute atomic E-state index is 4.33. The lowest BCUT2D eigenvalue weighted by atomic mass is 10.1. The van der Waals surface area contributed by atoms with Gasteiger partial charge in [-0.05, 0) is 24.5 Å². The van der Waals surface area contributed by atoms with Crippen LogP contribution in [-0.2, 0) is 6.54 Å². The number of aromatic nitrogens is 1. The van der Waals surface area contributed by atoms with E-state index in [0.717, 1.165) is 6.54 Å². The van der Waals surface area contributed by atoms with Crippen LogP contribution in [0, 0.1) is 0 Å². The van der Waals surface area contributed by atoms with Gasteiger partial charge in [0.2, 0.25) is 0 Å². The Balaban J connectivity index is 2.08. The molecule has 0 aliphatic carbocycles. The Labute approximate surface area is 117 Å². The third-order valence-corrected chi connectivity index (χ3v) is 3.79. The molecule has 1 aliphatic rings. The van der Waals surface area contributed by atoms with Crippen molar-refractivity contribution in [1.29, 1.82) is 0 Å². The highest BCUT2D eigenvalue weighted by molar-refractivity contribution is 5.51. The van der Waals surface area contributed by atoms with Crippen molar-refractivity contribution >= 4 is 5.69 Å². The van der Waals surface area contributed by atoms with E-state index in [1.54, 1.807) is 0 Å². The topological polar surface area (TPSA) is 28.2 Å². The highest BCUT2D eigenvalue weighted by Crippen LogP contribution is 2.22. The van der Waals surface area contributed by atoms with Gasteiger partial charge in [-0.3, -0.25) is 4.98 Å². The number of hydrogen-bond donors (Lipinski definition) is 1. The second kappa shape index (κ2) is 7.49. The van der Waals surface area contributed by atoms with Gasteiger partial charge in [-0.1, -0.05) is 33.1 Å². The van der Waals surface area contributed by atoms with Crippen LogP contribution in [0.3, 0.4) is 0 Å². The van der Waals surface area contributed by atoms with Crippen molar-refractivity contribution in [3.63, 3.8) is 0 Å². The predicted molar refractivity (Wildman–Crippen MR) is 81.5 cm³/mol. The van der Waals surface area contributed by atoms with Gasteiger partial charge < -0.3 is 10.2 Å². The molecule has 1 fully saturated rings. The SMILES string of the molecule is CC(C)NCc1ccncc1N1CCCCCCC1. The molecule has 19 heavy (non-hydrogen) atoms. The number of rotatable bonds is 4. The van der Waals surface area contributed by atoms with Crippen molar-refractivity contribution in [2.24, 2.45) is 0 Å². The van der Waals surface area contributed by atoms with Crippen LogP contribution in [0.5, 0.6) is 0 Å². The first-order chi connectivity index (χ1) is 9.27. The Morgan fingerprint density at radius 1 is 1.16 bits per heavy atom. The normalized spacial score (nSPS) is 17.3. The quantitative estimate of drug-likeness (QED) is 0.901. The molecule has 0 bridgehead atoms. The number of pyridine rings is 1. The molecular weight excluding hydrogens is 234 g/mol. The van der Waals surface area contributed by atoms with E-state index < -0.39 is 0 Å². The van der Waals surface area contributed by atoms with Gasteiger partial charge in [-0.25, -0.2) is 0 Å². The van der Waals surface area contributed by atoms with Crippen LogP contribution in [0.15, 0.2) is 18.5 Å². The van der Waals surface area contributed by atoms with E-state index in [9.17, 15) is 0 Å². The smallest absolute Gasteiger partial charge is 0.0598 e. The summed E-state index contributed by atoms with van der Waals surface area (Å²) in [5.41, 5.74) is 2.71. The molecule has 1 saturated heterocycles. The summed E-state index contributed by atoms with van der Waals surface area (Å²) in [5.74, 6) is 0. The van der Waals surface area contributed by atoms with Crippen LogP contribution >= 0.6 is 0 Å². The summed E-state index contributed by atoms with van der Waals surface area (Å²) in [6.45, 7) is 7.68. The van der Waals surface area contributed by atoms with E-state index in [1.807, 2.05) is 12.4 Å². The monoisotopic (exact) mass is 261 g/mol. The van der Waals surface area contributed by atoms with E-state index in [1.165, 1.54) is 56.4 Å². The standard InChI is InChI=1S/C16H27N3/c1-14(2)18-12-15-8-9-17-13-16(15)19-10-6-4-3-5-7-11-19/h8-9,13-14,18H,3-7,10-12H2,1-2H3. The molecule has 2 rings (SSSR count). The molecule has 0 radical (unpaired) electrons. The summed E-state index contributed by atoms with van der Waals surface area (Å²) in [6.07, 6.45) is 10.7. The third-order valence-electron chi connectivity index (χ3n) is 3.79. The molecule has 3 heteroatoms. The summed E-state index contributed by atoms with van der Waals surface area (Å²) in [4.78, 5) is 6.86. The van der Waals surface area contributed by atoms with E-state index in [4.69, 9.17) is 0 Å². The van der Waals surface area contributed by atoms with Gasteiger partial charge in [-0.2, -0.15) is 0 Å². The van der Waals surface area contributed by atoms with Crippen LogP contribution in [0.4, 0.5) is 5.69 Å². The van der Waals surface area contributed by atoms with Crippen molar-refractivity contribution in [2.45, 2.75) is 58.5 Å². The lowest BCUT2D eigenvalue weighted by Crippen LogP contribution is -2.29. The fourth-order valence-electron chi connectivity index (χ4n) is 2.65. The number of hydrogen-bond acceptors (Lipinski definition) is 3. The maximum atomic E-state index is 4.33. The number of nitrogens with one attached hydrogen (secondary N) is 1. The zero-order valence-corrected chi connectivity index (χ0v) is 12.4. The second-order valence-corrected chi connectivity index (χ2v) is 5.79. The van der Waals surface area contributed by atoms with Gasteiger partial charge in [-0.15, -0.1) is 0 Å². The van der Waals surface area contributed by atoms with Gasteiger partial charge in [0.1, 0.15) is 0 Å². The number of anilines is 1. The van der Waals surface area contributed by atoms with Crippen molar-refractivity contribution in [3.8, 4) is 0 Å². The highest BCUT2D eigenvalue weighted by atomic mass is 15.1. The first kappa shape index (κ1) is 14.3. The van der Waals surface area contributed by atoms with E-state index in [-0.39, 0.29) is 0 Å². The van der Waals surface area contributed by atoms with Gasteiger partial charge in [0.25, 0.3) is 0 Å². The molecule has 1 aromatic rings. The molecule has 1 aliphatic heterocycles. The molecule has 106 valence electrons. The second-order valence-electron chi connectivity index (χ2n) is 5.79. The van der Waals surface area contributed by atoms with Crippen molar-refractivity contribution in [3.05, 3.63) is 24.0 Å². The van der Waals surface area contributed by atoms with Gasteiger partial charge in [0, 0.05) is 31.9 Å². The molecule has 0 amide bonds. The summed E-state index contributed by atoms with van der Waals surface area (Å²) in [6, 6.07) is 2.68. The molecule has 1 N–H and O–H groups in total. The minimum absolute atomic E-state index is 0.522. The first-order valence-electron chi connectivity index (χ1n) is 7.68. The lowest BCUT2D eigenvalue weighted by Gasteiger charge is -2.28. The summed E-state index contributed by atoms with van der Waals surface area (Å²) < 4.78 is 0. The zero-order valence-electron chi connectivity index (χ0n) is 12.4. The minimum Gasteiger partial charge on any atom is -0.370 e. The Bertz CT molecular complexity index is 368. The lowest BCUT2D eigenvalue weighted by molar-refractivity contribution is 0.551. The molecule has 2 heterocycles. The Morgan fingerprint density at radius 2 is 1.84 bits per heavy atom. The molecule has 0 aromatic carbocycles.